The van der Waals surface area contributed by atoms with Crippen LogP contribution in [-0.4, -0.2) is 19.6 Å². The fourth-order valence-electron chi connectivity index (χ4n) is 2.15. The Morgan fingerprint density at radius 1 is 1.26 bits per heavy atom. The molecule has 0 saturated heterocycles. The number of anilines is 1. The van der Waals surface area contributed by atoms with Gasteiger partial charge >= 0.3 is 0 Å². The second-order valence-electron chi connectivity index (χ2n) is 5.52. The molecule has 1 unspecified atom stereocenters. The predicted octanol–water partition coefficient (Wildman–Crippen LogP) is 4.32. The van der Waals surface area contributed by atoms with Gasteiger partial charge in [0.25, 0.3) is 0 Å². The van der Waals surface area contributed by atoms with Gasteiger partial charge in [-0.3, -0.25) is 0 Å². The summed E-state index contributed by atoms with van der Waals surface area (Å²) in [7, 11) is 2.13. The van der Waals surface area contributed by atoms with Gasteiger partial charge in [0.15, 0.2) is 0 Å². The molecule has 0 fully saturated rings. The van der Waals surface area contributed by atoms with Crippen LogP contribution in [0.1, 0.15) is 39.7 Å². The zero-order valence-corrected chi connectivity index (χ0v) is 13.6. The van der Waals surface area contributed by atoms with Crippen molar-refractivity contribution in [3.05, 3.63) is 28.8 Å². The lowest BCUT2D eigenvalue weighted by atomic mass is 10.0. The lowest BCUT2D eigenvalue weighted by Gasteiger charge is -2.32. The van der Waals surface area contributed by atoms with Crippen molar-refractivity contribution in [1.29, 1.82) is 0 Å². The van der Waals surface area contributed by atoms with Gasteiger partial charge in [-0.2, -0.15) is 0 Å². The monoisotopic (exact) mass is 282 g/mol. The van der Waals surface area contributed by atoms with Crippen LogP contribution in [0, 0.1) is 5.92 Å². The van der Waals surface area contributed by atoms with Crippen LogP contribution < -0.4 is 10.2 Å². The number of hydrogen-bond acceptors (Lipinski definition) is 2. The molecule has 1 aromatic carbocycles. The lowest BCUT2D eigenvalue weighted by molar-refractivity contribution is 0.504. The van der Waals surface area contributed by atoms with Gasteiger partial charge in [-0.25, -0.2) is 0 Å². The van der Waals surface area contributed by atoms with Gasteiger partial charge in [-0.05, 0) is 37.4 Å². The molecule has 0 bridgehead atoms. The van der Waals surface area contributed by atoms with Crippen LogP contribution in [-0.2, 0) is 6.54 Å². The van der Waals surface area contributed by atoms with E-state index in [1.165, 1.54) is 5.56 Å². The van der Waals surface area contributed by atoms with Crippen LogP contribution in [0.5, 0.6) is 0 Å². The molecule has 0 aromatic heterocycles. The summed E-state index contributed by atoms with van der Waals surface area (Å²) in [4.78, 5) is 2.30. The minimum atomic E-state index is 0.463. The summed E-state index contributed by atoms with van der Waals surface area (Å²) in [5.74, 6) is 0.595. The molecule has 0 aliphatic heterocycles. The Bertz CT molecular complexity index is 390. The molecule has 2 nitrogen and oxygen atoms in total. The summed E-state index contributed by atoms with van der Waals surface area (Å²) in [6.07, 6.45) is 1.15. The maximum absolute atomic E-state index is 6.42. The number of hydrogen-bond donors (Lipinski definition) is 1. The van der Waals surface area contributed by atoms with Crippen molar-refractivity contribution in [2.24, 2.45) is 5.92 Å². The summed E-state index contributed by atoms with van der Waals surface area (Å²) in [5, 5.41) is 4.30. The third-order valence-electron chi connectivity index (χ3n) is 3.74. The number of halogens is 1. The normalized spacial score (nSPS) is 12.8. The van der Waals surface area contributed by atoms with Gasteiger partial charge in [0.05, 0.1) is 10.7 Å². The SMILES string of the molecule is CCCNCc1cccc(Cl)c1N(C)C(C)C(C)C. The zero-order valence-electron chi connectivity index (χ0n) is 12.8. The Labute approximate surface area is 123 Å². The van der Waals surface area contributed by atoms with Crippen molar-refractivity contribution in [3.8, 4) is 0 Å². The molecule has 0 heterocycles. The molecule has 0 aliphatic rings. The van der Waals surface area contributed by atoms with Gasteiger partial charge < -0.3 is 10.2 Å². The molecular formula is C16H27ClN2. The Morgan fingerprint density at radius 2 is 1.95 bits per heavy atom. The number of nitrogens with zero attached hydrogens (tertiary/aromatic N) is 1. The van der Waals surface area contributed by atoms with E-state index in [0.717, 1.165) is 30.2 Å². The highest BCUT2D eigenvalue weighted by atomic mass is 35.5. The van der Waals surface area contributed by atoms with E-state index < -0.39 is 0 Å². The lowest BCUT2D eigenvalue weighted by Crippen LogP contribution is -2.34. The number of rotatable bonds is 7. The van der Waals surface area contributed by atoms with Crippen molar-refractivity contribution in [2.75, 3.05) is 18.5 Å². The Balaban J connectivity index is 2.96. The summed E-state index contributed by atoms with van der Waals surface area (Å²) in [6.45, 7) is 10.8. The van der Waals surface area contributed by atoms with Gasteiger partial charge in [0.2, 0.25) is 0 Å². The Kier molecular flexibility index (Phi) is 6.67. The average molecular weight is 283 g/mol. The molecular weight excluding hydrogens is 256 g/mol. The Hall–Kier alpha value is -0.730. The van der Waals surface area contributed by atoms with Crippen LogP contribution in [0.2, 0.25) is 5.02 Å². The van der Waals surface area contributed by atoms with Crippen LogP contribution in [0.25, 0.3) is 0 Å². The molecule has 3 heteroatoms. The highest BCUT2D eigenvalue weighted by Crippen LogP contribution is 2.31. The van der Waals surface area contributed by atoms with E-state index in [9.17, 15) is 0 Å². The molecule has 108 valence electrons. The molecule has 1 N–H and O–H groups in total. The van der Waals surface area contributed by atoms with E-state index in [2.05, 4.69) is 51.0 Å². The fraction of sp³-hybridized carbons (Fsp3) is 0.625. The van der Waals surface area contributed by atoms with Crippen LogP contribution in [0.3, 0.4) is 0 Å². The minimum absolute atomic E-state index is 0.463. The first-order valence-corrected chi connectivity index (χ1v) is 7.57. The van der Waals surface area contributed by atoms with Crippen LogP contribution >= 0.6 is 11.6 Å². The third-order valence-corrected chi connectivity index (χ3v) is 4.05. The molecule has 1 aromatic rings. The second-order valence-corrected chi connectivity index (χ2v) is 5.93. The molecule has 0 amide bonds. The van der Waals surface area contributed by atoms with Crippen LogP contribution in [0.15, 0.2) is 18.2 Å². The second kappa shape index (κ2) is 7.76. The molecule has 0 spiro atoms. The number of para-hydroxylation sites is 1. The van der Waals surface area contributed by atoms with Crippen LogP contribution in [0.4, 0.5) is 5.69 Å². The predicted molar refractivity (Wildman–Crippen MR) is 86.2 cm³/mol. The smallest absolute Gasteiger partial charge is 0.0642 e. The molecule has 1 atom stereocenters. The highest BCUT2D eigenvalue weighted by Gasteiger charge is 2.18. The molecule has 0 radical (unpaired) electrons. The maximum atomic E-state index is 6.42. The van der Waals surface area contributed by atoms with Crippen molar-refractivity contribution < 1.29 is 0 Å². The first kappa shape index (κ1) is 16.3. The maximum Gasteiger partial charge on any atom is 0.0642 e. The standard InChI is InChI=1S/C16H27ClN2/c1-6-10-18-11-14-8-7-9-15(17)16(14)19(5)13(4)12(2)3/h7-9,12-13,18H,6,10-11H2,1-5H3. The number of benzene rings is 1. The third kappa shape index (κ3) is 4.39. The summed E-state index contributed by atoms with van der Waals surface area (Å²) >= 11 is 6.42. The van der Waals surface area contributed by atoms with Crippen molar-refractivity contribution >= 4 is 17.3 Å². The first-order chi connectivity index (χ1) is 8.99. The van der Waals surface area contributed by atoms with E-state index in [4.69, 9.17) is 11.6 Å². The van der Waals surface area contributed by atoms with E-state index >= 15 is 0 Å². The first-order valence-electron chi connectivity index (χ1n) is 7.20. The largest absolute Gasteiger partial charge is 0.370 e. The van der Waals surface area contributed by atoms with Gasteiger partial charge in [-0.15, -0.1) is 0 Å². The Morgan fingerprint density at radius 3 is 2.53 bits per heavy atom. The van der Waals surface area contributed by atoms with E-state index in [0.29, 0.717) is 12.0 Å². The van der Waals surface area contributed by atoms with Crippen molar-refractivity contribution in [2.45, 2.75) is 46.7 Å². The van der Waals surface area contributed by atoms with Gasteiger partial charge in [-0.1, -0.05) is 44.5 Å². The average Bonchev–Trinajstić information content (AvgIpc) is 2.37. The quantitative estimate of drug-likeness (QED) is 0.749. The van der Waals surface area contributed by atoms with Crippen molar-refractivity contribution in [1.82, 2.24) is 5.32 Å². The fourth-order valence-corrected chi connectivity index (χ4v) is 2.48. The molecule has 19 heavy (non-hydrogen) atoms. The zero-order chi connectivity index (χ0) is 14.4. The molecule has 0 aliphatic carbocycles. The molecule has 0 saturated carbocycles. The van der Waals surface area contributed by atoms with E-state index in [-0.39, 0.29) is 0 Å². The van der Waals surface area contributed by atoms with E-state index in [1.54, 1.807) is 0 Å². The summed E-state index contributed by atoms with van der Waals surface area (Å²) < 4.78 is 0. The van der Waals surface area contributed by atoms with Gasteiger partial charge in [0, 0.05) is 19.6 Å². The van der Waals surface area contributed by atoms with E-state index in [1.807, 2.05) is 12.1 Å². The summed E-state index contributed by atoms with van der Waals surface area (Å²) in [6, 6.07) is 6.63. The highest BCUT2D eigenvalue weighted by molar-refractivity contribution is 6.33. The molecule has 1 rings (SSSR count). The van der Waals surface area contributed by atoms with Gasteiger partial charge in [0.1, 0.15) is 0 Å². The minimum Gasteiger partial charge on any atom is -0.370 e. The summed E-state index contributed by atoms with van der Waals surface area (Å²) in [5.41, 5.74) is 2.44. The number of nitrogens with one attached hydrogen (secondary N) is 1. The van der Waals surface area contributed by atoms with Crippen molar-refractivity contribution in [3.63, 3.8) is 0 Å². The topological polar surface area (TPSA) is 15.3 Å².